The Bertz CT molecular complexity index is 773. The Morgan fingerprint density at radius 1 is 1.24 bits per heavy atom. The quantitative estimate of drug-likeness (QED) is 0.734. The lowest BCUT2D eigenvalue weighted by atomic mass is 9.84. The van der Waals surface area contributed by atoms with Crippen LogP contribution in [0.15, 0.2) is 34.8 Å². The Morgan fingerprint density at radius 2 is 1.96 bits per heavy atom. The van der Waals surface area contributed by atoms with Crippen LogP contribution in [0.4, 0.5) is 5.69 Å². The maximum absolute atomic E-state index is 6.17. The first kappa shape index (κ1) is 18.3. The second-order valence-corrected chi connectivity index (χ2v) is 8.19. The molecule has 0 saturated carbocycles. The summed E-state index contributed by atoms with van der Waals surface area (Å²) in [4.78, 5) is 2.58. The van der Waals surface area contributed by atoms with Crippen LogP contribution in [0.3, 0.4) is 0 Å². The molecule has 25 heavy (non-hydrogen) atoms. The van der Waals surface area contributed by atoms with Gasteiger partial charge in [0.05, 0.1) is 13.2 Å². The van der Waals surface area contributed by atoms with Crippen LogP contribution < -0.4 is 10.5 Å². The van der Waals surface area contributed by atoms with Crippen molar-refractivity contribution in [3.05, 3.63) is 57.1 Å². The lowest BCUT2D eigenvalue weighted by Crippen LogP contribution is -2.39. The summed E-state index contributed by atoms with van der Waals surface area (Å²) in [6, 6.07) is 10.8. The molecule has 0 aromatic heterocycles. The molecule has 1 heterocycles. The van der Waals surface area contributed by atoms with Crippen molar-refractivity contribution in [3.8, 4) is 5.75 Å². The van der Waals surface area contributed by atoms with Gasteiger partial charge in [0.25, 0.3) is 0 Å². The number of halogens is 1. The molecule has 0 saturated heterocycles. The molecule has 134 valence electrons. The van der Waals surface area contributed by atoms with E-state index in [2.05, 4.69) is 65.9 Å². The average molecular weight is 403 g/mol. The van der Waals surface area contributed by atoms with E-state index in [1.165, 1.54) is 22.3 Å². The third kappa shape index (κ3) is 3.56. The Kier molecular flexibility index (Phi) is 5.40. The number of nitrogen functional groups attached to an aromatic ring is 1. The molecule has 0 aliphatic carbocycles. The fraction of sp³-hybridized carbons (Fsp3) is 0.429. The normalized spacial score (nSPS) is 17.6. The minimum atomic E-state index is 0.202. The van der Waals surface area contributed by atoms with Gasteiger partial charge in [-0.2, -0.15) is 0 Å². The largest absolute Gasteiger partial charge is 0.496 e. The van der Waals surface area contributed by atoms with Crippen molar-refractivity contribution < 1.29 is 4.74 Å². The summed E-state index contributed by atoms with van der Waals surface area (Å²) < 4.78 is 6.76. The van der Waals surface area contributed by atoms with Crippen molar-refractivity contribution in [1.29, 1.82) is 0 Å². The lowest BCUT2D eigenvalue weighted by Gasteiger charge is -2.40. The van der Waals surface area contributed by atoms with E-state index in [1.54, 1.807) is 7.11 Å². The van der Waals surface area contributed by atoms with E-state index in [9.17, 15) is 0 Å². The number of benzene rings is 2. The molecule has 3 nitrogen and oxygen atoms in total. The molecule has 2 aromatic rings. The molecule has 3 rings (SSSR count). The van der Waals surface area contributed by atoms with E-state index >= 15 is 0 Å². The number of nitrogens with zero attached hydrogens (tertiary/aromatic N) is 1. The van der Waals surface area contributed by atoms with Crippen LogP contribution in [-0.4, -0.2) is 25.1 Å². The maximum Gasteiger partial charge on any atom is 0.125 e. The predicted molar refractivity (Wildman–Crippen MR) is 108 cm³/mol. The second kappa shape index (κ2) is 7.38. The van der Waals surface area contributed by atoms with Crippen LogP contribution in [0.25, 0.3) is 0 Å². The second-order valence-electron chi connectivity index (χ2n) is 7.28. The first-order valence-electron chi connectivity index (χ1n) is 8.87. The zero-order chi connectivity index (χ0) is 18.1. The van der Waals surface area contributed by atoms with Crippen molar-refractivity contribution in [2.75, 3.05) is 25.9 Å². The number of nitrogens with two attached hydrogens (primary N) is 1. The van der Waals surface area contributed by atoms with Crippen LogP contribution in [-0.2, 0) is 6.42 Å². The smallest absolute Gasteiger partial charge is 0.125 e. The lowest BCUT2D eigenvalue weighted by molar-refractivity contribution is 0.187. The molecule has 0 spiro atoms. The zero-order valence-corrected chi connectivity index (χ0v) is 17.1. The summed E-state index contributed by atoms with van der Waals surface area (Å²) in [6.07, 6.45) is 1.05. The van der Waals surface area contributed by atoms with E-state index < -0.39 is 0 Å². The summed E-state index contributed by atoms with van der Waals surface area (Å²) in [5.74, 6) is 1.54. The number of rotatable bonds is 4. The van der Waals surface area contributed by atoms with Gasteiger partial charge in [-0.1, -0.05) is 41.9 Å². The van der Waals surface area contributed by atoms with Gasteiger partial charge in [0.1, 0.15) is 5.75 Å². The van der Waals surface area contributed by atoms with Gasteiger partial charge in [-0.25, -0.2) is 0 Å². The van der Waals surface area contributed by atoms with Crippen molar-refractivity contribution in [3.63, 3.8) is 0 Å². The zero-order valence-electron chi connectivity index (χ0n) is 15.5. The van der Waals surface area contributed by atoms with Crippen molar-refractivity contribution in [2.24, 2.45) is 5.92 Å². The molecule has 0 bridgehead atoms. The third-order valence-electron chi connectivity index (χ3n) is 5.08. The molecular weight excluding hydrogens is 376 g/mol. The summed E-state index contributed by atoms with van der Waals surface area (Å²) in [7, 11) is 1.75. The standard InChI is InChI=1S/C21H27BrN2O/c1-13(2)12-24-10-9-16-14(3)19(23)8-7-17(16)21(24)18-6-5-15(22)11-20(18)25-4/h5-8,11,13,21H,9-10,12,23H2,1-4H3. The minimum Gasteiger partial charge on any atom is -0.496 e. The topological polar surface area (TPSA) is 38.5 Å². The van der Waals surface area contributed by atoms with Crippen molar-refractivity contribution >= 4 is 21.6 Å². The van der Waals surface area contributed by atoms with E-state index in [0.717, 1.165) is 35.4 Å². The molecule has 1 atom stereocenters. The van der Waals surface area contributed by atoms with Crippen LogP contribution in [0, 0.1) is 12.8 Å². The number of methoxy groups -OCH3 is 1. The number of hydrogen-bond donors (Lipinski definition) is 1. The molecule has 0 radical (unpaired) electrons. The average Bonchev–Trinajstić information content (AvgIpc) is 2.58. The SMILES string of the molecule is COc1cc(Br)ccc1C1c2ccc(N)c(C)c2CCN1CC(C)C. The number of anilines is 1. The molecule has 1 unspecified atom stereocenters. The predicted octanol–water partition coefficient (Wildman–Crippen LogP) is 4.95. The fourth-order valence-electron chi connectivity index (χ4n) is 3.91. The van der Waals surface area contributed by atoms with E-state index in [-0.39, 0.29) is 6.04 Å². The monoisotopic (exact) mass is 402 g/mol. The molecular formula is C21H27BrN2O. The van der Waals surface area contributed by atoms with Gasteiger partial charge in [0.15, 0.2) is 0 Å². The van der Waals surface area contributed by atoms with Gasteiger partial charge in [0.2, 0.25) is 0 Å². The Hall–Kier alpha value is -1.52. The number of hydrogen-bond acceptors (Lipinski definition) is 3. The molecule has 1 aliphatic heterocycles. The summed E-state index contributed by atoms with van der Waals surface area (Å²) in [5.41, 5.74) is 12.3. The molecule has 1 aliphatic rings. The third-order valence-corrected chi connectivity index (χ3v) is 5.57. The first-order valence-corrected chi connectivity index (χ1v) is 9.67. The van der Waals surface area contributed by atoms with Gasteiger partial charge in [0, 0.05) is 28.8 Å². The van der Waals surface area contributed by atoms with Crippen LogP contribution in [0.5, 0.6) is 5.75 Å². The molecule has 2 aromatic carbocycles. The van der Waals surface area contributed by atoms with Crippen molar-refractivity contribution in [2.45, 2.75) is 33.2 Å². The van der Waals surface area contributed by atoms with Crippen molar-refractivity contribution in [1.82, 2.24) is 4.90 Å². The number of fused-ring (bicyclic) bond motifs is 1. The Balaban J connectivity index is 2.17. The Morgan fingerprint density at radius 3 is 2.64 bits per heavy atom. The van der Waals surface area contributed by atoms with Gasteiger partial charge < -0.3 is 10.5 Å². The van der Waals surface area contributed by atoms with E-state index in [4.69, 9.17) is 10.5 Å². The van der Waals surface area contributed by atoms with Gasteiger partial charge in [-0.3, -0.25) is 4.90 Å². The van der Waals surface area contributed by atoms with Crippen LogP contribution >= 0.6 is 15.9 Å². The summed E-state index contributed by atoms with van der Waals surface area (Å²) >= 11 is 3.56. The van der Waals surface area contributed by atoms with E-state index in [0.29, 0.717) is 5.92 Å². The Labute approximate surface area is 159 Å². The van der Waals surface area contributed by atoms with Gasteiger partial charge in [-0.05, 0) is 54.2 Å². The molecule has 4 heteroatoms. The highest BCUT2D eigenvalue weighted by atomic mass is 79.9. The highest BCUT2D eigenvalue weighted by molar-refractivity contribution is 9.10. The highest BCUT2D eigenvalue weighted by Crippen LogP contribution is 2.42. The van der Waals surface area contributed by atoms with Crippen LogP contribution in [0.2, 0.25) is 0 Å². The molecule has 0 amide bonds. The summed E-state index contributed by atoms with van der Waals surface area (Å²) in [5, 5.41) is 0. The summed E-state index contributed by atoms with van der Waals surface area (Å²) in [6.45, 7) is 8.80. The highest BCUT2D eigenvalue weighted by Gasteiger charge is 2.32. The van der Waals surface area contributed by atoms with Crippen LogP contribution in [0.1, 0.15) is 42.1 Å². The minimum absolute atomic E-state index is 0.202. The maximum atomic E-state index is 6.17. The first-order chi connectivity index (χ1) is 11.9. The fourth-order valence-corrected chi connectivity index (χ4v) is 4.25. The number of ether oxygens (including phenoxy) is 1. The van der Waals surface area contributed by atoms with E-state index in [1.807, 2.05) is 6.07 Å². The molecule has 0 fully saturated rings. The molecule has 2 N–H and O–H groups in total. The van der Waals surface area contributed by atoms with Gasteiger partial charge >= 0.3 is 0 Å². The van der Waals surface area contributed by atoms with Gasteiger partial charge in [-0.15, -0.1) is 0 Å².